The molecule has 0 aliphatic carbocycles. The summed E-state index contributed by atoms with van der Waals surface area (Å²) in [4.78, 5) is 4.44. The fourth-order valence-corrected chi connectivity index (χ4v) is 2.57. The van der Waals surface area contributed by atoms with Gasteiger partial charge in [-0.2, -0.15) is 0 Å². The molecular weight excluding hydrogens is 210 g/mol. The van der Waals surface area contributed by atoms with Crippen LogP contribution in [0, 0.1) is 12.8 Å². The van der Waals surface area contributed by atoms with Crippen molar-refractivity contribution < 1.29 is 0 Å². The van der Waals surface area contributed by atoms with E-state index in [1.54, 1.807) is 0 Å². The molecule has 1 atom stereocenters. The average molecular weight is 231 g/mol. The molecule has 3 nitrogen and oxygen atoms in total. The number of aryl methyl sites for hydroxylation is 1. The Balaban J connectivity index is 2.56. The van der Waals surface area contributed by atoms with Crippen LogP contribution < -0.4 is 5.73 Å². The quantitative estimate of drug-likeness (QED) is 0.878. The molecule has 1 unspecified atom stereocenters. The molecule has 17 heavy (non-hydrogen) atoms. The van der Waals surface area contributed by atoms with Crippen LogP contribution in [0.3, 0.4) is 0 Å². The summed E-state index contributed by atoms with van der Waals surface area (Å²) in [5.74, 6) is 1.29. The van der Waals surface area contributed by atoms with E-state index in [1.165, 1.54) is 11.1 Å². The van der Waals surface area contributed by atoms with Crippen LogP contribution in [0.4, 0.5) is 5.95 Å². The number of nitrogen functional groups attached to an aromatic ring is 1. The van der Waals surface area contributed by atoms with Crippen molar-refractivity contribution in [2.24, 2.45) is 5.92 Å². The van der Waals surface area contributed by atoms with Crippen LogP contribution >= 0.6 is 0 Å². The van der Waals surface area contributed by atoms with Crippen LogP contribution in [0.25, 0.3) is 11.0 Å². The van der Waals surface area contributed by atoms with Gasteiger partial charge in [-0.25, -0.2) is 4.98 Å². The molecule has 0 amide bonds. The van der Waals surface area contributed by atoms with Gasteiger partial charge in [0.1, 0.15) is 0 Å². The second-order valence-corrected chi connectivity index (χ2v) is 5.26. The van der Waals surface area contributed by atoms with Crippen LogP contribution in [0.1, 0.15) is 38.8 Å². The zero-order chi connectivity index (χ0) is 12.6. The topological polar surface area (TPSA) is 43.8 Å². The Bertz CT molecular complexity index is 525. The SMILES string of the molecule is Cc1cccc2nc(N)n(C(C)CC(C)C)c12. The van der Waals surface area contributed by atoms with Crippen molar-refractivity contribution in [3.63, 3.8) is 0 Å². The summed E-state index contributed by atoms with van der Waals surface area (Å²) in [6.45, 7) is 8.79. The molecule has 0 aliphatic rings. The number of imidazole rings is 1. The number of fused-ring (bicyclic) bond motifs is 1. The van der Waals surface area contributed by atoms with Crippen molar-refractivity contribution in [2.45, 2.75) is 40.2 Å². The zero-order valence-electron chi connectivity index (χ0n) is 11.1. The van der Waals surface area contributed by atoms with E-state index in [0.29, 0.717) is 17.9 Å². The molecule has 1 heterocycles. The molecule has 2 rings (SSSR count). The van der Waals surface area contributed by atoms with E-state index in [-0.39, 0.29) is 0 Å². The summed E-state index contributed by atoms with van der Waals surface area (Å²) in [5, 5.41) is 0. The Morgan fingerprint density at radius 3 is 2.65 bits per heavy atom. The molecule has 0 aliphatic heterocycles. The Hall–Kier alpha value is -1.51. The lowest BCUT2D eigenvalue weighted by Gasteiger charge is -2.18. The highest BCUT2D eigenvalue weighted by Crippen LogP contribution is 2.28. The van der Waals surface area contributed by atoms with Crippen LogP contribution in [0.15, 0.2) is 18.2 Å². The molecule has 0 radical (unpaired) electrons. The first kappa shape index (κ1) is 12.0. The second-order valence-electron chi connectivity index (χ2n) is 5.26. The number of benzene rings is 1. The Kier molecular flexibility index (Phi) is 3.09. The maximum atomic E-state index is 6.05. The molecule has 3 heteroatoms. The van der Waals surface area contributed by atoms with E-state index in [0.717, 1.165) is 11.9 Å². The van der Waals surface area contributed by atoms with E-state index >= 15 is 0 Å². The Morgan fingerprint density at radius 2 is 2.00 bits per heavy atom. The van der Waals surface area contributed by atoms with Crippen molar-refractivity contribution in [1.29, 1.82) is 0 Å². The highest BCUT2D eigenvalue weighted by Gasteiger charge is 2.16. The number of hydrogen-bond donors (Lipinski definition) is 1. The van der Waals surface area contributed by atoms with Crippen LogP contribution in [0.2, 0.25) is 0 Å². The van der Waals surface area contributed by atoms with Crippen LogP contribution in [0.5, 0.6) is 0 Å². The third-order valence-corrected chi connectivity index (χ3v) is 3.19. The van der Waals surface area contributed by atoms with Gasteiger partial charge in [-0.3, -0.25) is 0 Å². The predicted octanol–water partition coefficient (Wildman–Crippen LogP) is 3.53. The standard InChI is InChI=1S/C14H21N3/c1-9(2)8-11(4)17-13-10(3)6-5-7-12(13)16-14(17)15/h5-7,9,11H,8H2,1-4H3,(H2,15,16). The lowest BCUT2D eigenvalue weighted by atomic mass is 10.0. The second kappa shape index (κ2) is 4.40. The minimum Gasteiger partial charge on any atom is -0.369 e. The maximum Gasteiger partial charge on any atom is 0.201 e. The summed E-state index contributed by atoms with van der Waals surface area (Å²) in [5.41, 5.74) is 9.47. The van der Waals surface area contributed by atoms with Gasteiger partial charge in [0.05, 0.1) is 11.0 Å². The number of hydrogen-bond acceptors (Lipinski definition) is 2. The molecule has 0 saturated carbocycles. The van der Waals surface area contributed by atoms with Crippen LogP contribution in [-0.2, 0) is 0 Å². The van der Waals surface area contributed by atoms with Crippen molar-refractivity contribution in [3.05, 3.63) is 23.8 Å². The summed E-state index contributed by atoms with van der Waals surface area (Å²) in [7, 11) is 0. The van der Waals surface area contributed by atoms with Gasteiger partial charge in [0.25, 0.3) is 0 Å². The first-order valence-electron chi connectivity index (χ1n) is 6.23. The maximum absolute atomic E-state index is 6.05. The molecule has 0 saturated heterocycles. The third-order valence-electron chi connectivity index (χ3n) is 3.19. The molecular formula is C14H21N3. The van der Waals surface area contributed by atoms with E-state index in [4.69, 9.17) is 5.73 Å². The minimum absolute atomic E-state index is 0.390. The fraction of sp³-hybridized carbons (Fsp3) is 0.500. The number of para-hydroxylation sites is 1. The molecule has 0 bridgehead atoms. The van der Waals surface area contributed by atoms with Crippen molar-refractivity contribution in [1.82, 2.24) is 9.55 Å². The number of anilines is 1. The Labute approximate surface area is 103 Å². The minimum atomic E-state index is 0.390. The highest BCUT2D eigenvalue weighted by atomic mass is 15.2. The molecule has 1 aromatic carbocycles. The van der Waals surface area contributed by atoms with Gasteiger partial charge in [-0.1, -0.05) is 26.0 Å². The largest absolute Gasteiger partial charge is 0.369 e. The third kappa shape index (κ3) is 2.14. The average Bonchev–Trinajstić information content (AvgIpc) is 2.54. The molecule has 2 N–H and O–H groups in total. The number of aromatic nitrogens is 2. The van der Waals surface area contributed by atoms with Gasteiger partial charge in [0.15, 0.2) is 0 Å². The van der Waals surface area contributed by atoms with E-state index < -0.39 is 0 Å². The first-order chi connectivity index (χ1) is 8.00. The smallest absolute Gasteiger partial charge is 0.201 e. The van der Waals surface area contributed by atoms with Crippen molar-refractivity contribution in [2.75, 3.05) is 5.73 Å². The first-order valence-corrected chi connectivity index (χ1v) is 6.23. The van der Waals surface area contributed by atoms with E-state index in [1.807, 2.05) is 12.1 Å². The van der Waals surface area contributed by atoms with Crippen molar-refractivity contribution in [3.8, 4) is 0 Å². The zero-order valence-corrected chi connectivity index (χ0v) is 11.1. The molecule has 92 valence electrons. The monoisotopic (exact) mass is 231 g/mol. The lowest BCUT2D eigenvalue weighted by molar-refractivity contribution is 0.439. The molecule has 1 aromatic heterocycles. The lowest BCUT2D eigenvalue weighted by Crippen LogP contribution is -2.11. The number of nitrogens with zero attached hydrogens (tertiary/aromatic N) is 2. The van der Waals surface area contributed by atoms with Gasteiger partial charge >= 0.3 is 0 Å². The fourth-order valence-electron chi connectivity index (χ4n) is 2.57. The summed E-state index contributed by atoms with van der Waals surface area (Å²) in [6.07, 6.45) is 1.12. The molecule has 2 aromatic rings. The summed E-state index contributed by atoms with van der Waals surface area (Å²) in [6, 6.07) is 6.56. The van der Waals surface area contributed by atoms with E-state index in [2.05, 4.69) is 43.3 Å². The number of rotatable bonds is 3. The van der Waals surface area contributed by atoms with Gasteiger partial charge in [0.2, 0.25) is 5.95 Å². The molecule has 0 spiro atoms. The normalized spacial score (nSPS) is 13.5. The van der Waals surface area contributed by atoms with E-state index in [9.17, 15) is 0 Å². The summed E-state index contributed by atoms with van der Waals surface area (Å²) < 4.78 is 2.17. The summed E-state index contributed by atoms with van der Waals surface area (Å²) >= 11 is 0. The van der Waals surface area contributed by atoms with Gasteiger partial charge in [0, 0.05) is 6.04 Å². The predicted molar refractivity (Wildman–Crippen MR) is 73.0 cm³/mol. The molecule has 0 fully saturated rings. The Morgan fingerprint density at radius 1 is 1.29 bits per heavy atom. The van der Waals surface area contributed by atoms with Gasteiger partial charge < -0.3 is 10.3 Å². The van der Waals surface area contributed by atoms with Gasteiger partial charge in [-0.15, -0.1) is 0 Å². The van der Waals surface area contributed by atoms with Gasteiger partial charge in [-0.05, 0) is 37.8 Å². The highest BCUT2D eigenvalue weighted by molar-refractivity contribution is 5.81. The van der Waals surface area contributed by atoms with Crippen molar-refractivity contribution >= 4 is 17.0 Å². The number of nitrogens with two attached hydrogens (primary N) is 1. The van der Waals surface area contributed by atoms with Crippen LogP contribution in [-0.4, -0.2) is 9.55 Å².